The maximum absolute atomic E-state index is 12.0. The Kier molecular flexibility index (Phi) is 4.58. The maximum Gasteiger partial charge on any atom is 0.389 e. The number of anilines is 1. The van der Waals surface area contributed by atoms with Crippen LogP contribution in [0.2, 0.25) is 0 Å². The molecule has 0 heterocycles. The molecule has 3 N–H and O–H groups in total. The summed E-state index contributed by atoms with van der Waals surface area (Å²) < 4.78 is 36.0. The summed E-state index contributed by atoms with van der Waals surface area (Å²) in [6.07, 6.45) is -4.81. The van der Waals surface area contributed by atoms with Crippen molar-refractivity contribution < 1.29 is 13.2 Å². The zero-order chi connectivity index (χ0) is 13.8. The van der Waals surface area contributed by atoms with E-state index in [1.54, 1.807) is 36.2 Å². The van der Waals surface area contributed by atoms with Crippen LogP contribution in [0.1, 0.15) is 18.4 Å². The molecule has 1 aromatic rings. The van der Waals surface area contributed by atoms with Gasteiger partial charge < -0.3 is 10.6 Å². The fraction of sp³-hybridized carbons (Fsp3) is 0.417. The van der Waals surface area contributed by atoms with Crippen LogP contribution < -0.4 is 10.6 Å². The molecular weight excluding hydrogens is 243 g/mol. The Balaban J connectivity index is 2.51. The highest BCUT2D eigenvalue weighted by Gasteiger charge is 2.26. The molecule has 6 heteroatoms. The van der Waals surface area contributed by atoms with Gasteiger partial charge in [-0.1, -0.05) is 0 Å². The molecule has 1 aromatic carbocycles. The number of hydrogen-bond donors (Lipinski definition) is 2. The SMILES string of the molecule is CN(CCCC(F)(F)F)c1ccc(C(=N)N)cc1. The Labute approximate surface area is 104 Å². The van der Waals surface area contributed by atoms with Gasteiger partial charge in [0.15, 0.2) is 0 Å². The highest BCUT2D eigenvalue weighted by atomic mass is 19.4. The van der Waals surface area contributed by atoms with Gasteiger partial charge in [-0.15, -0.1) is 0 Å². The monoisotopic (exact) mass is 259 g/mol. The predicted molar refractivity (Wildman–Crippen MR) is 66.0 cm³/mol. The third-order valence-electron chi connectivity index (χ3n) is 2.57. The number of nitrogens with one attached hydrogen (secondary N) is 1. The van der Waals surface area contributed by atoms with Crippen molar-refractivity contribution in [3.8, 4) is 0 Å². The van der Waals surface area contributed by atoms with Gasteiger partial charge in [0.2, 0.25) is 0 Å². The standard InChI is InChI=1S/C12H16F3N3/c1-18(8-2-7-12(13,14)15)10-5-3-9(4-6-10)11(16)17/h3-6H,2,7-8H2,1H3,(H3,16,17). The molecule has 0 aliphatic carbocycles. The fourth-order valence-electron chi connectivity index (χ4n) is 1.54. The van der Waals surface area contributed by atoms with Gasteiger partial charge in [0, 0.05) is 31.3 Å². The highest BCUT2D eigenvalue weighted by molar-refractivity contribution is 5.95. The number of amidine groups is 1. The van der Waals surface area contributed by atoms with Crippen molar-refractivity contribution in [3.63, 3.8) is 0 Å². The largest absolute Gasteiger partial charge is 0.389 e. The van der Waals surface area contributed by atoms with Gasteiger partial charge >= 0.3 is 6.18 Å². The Morgan fingerprint density at radius 3 is 2.28 bits per heavy atom. The molecule has 0 aromatic heterocycles. The average Bonchev–Trinajstić information content (AvgIpc) is 2.27. The van der Waals surface area contributed by atoms with Crippen LogP contribution >= 0.6 is 0 Å². The number of alkyl halides is 3. The number of benzene rings is 1. The molecule has 18 heavy (non-hydrogen) atoms. The van der Waals surface area contributed by atoms with Gasteiger partial charge in [-0.05, 0) is 30.7 Å². The molecule has 0 aliphatic heterocycles. The molecule has 100 valence electrons. The first-order valence-corrected chi connectivity index (χ1v) is 5.52. The summed E-state index contributed by atoms with van der Waals surface area (Å²) in [6.45, 7) is 0.332. The van der Waals surface area contributed by atoms with E-state index in [0.717, 1.165) is 5.69 Å². The quantitative estimate of drug-likeness (QED) is 0.631. The van der Waals surface area contributed by atoms with Crippen LogP contribution in [0, 0.1) is 5.41 Å². The molecule has 1 rings (SSSR count). The molecular formula is C12H16F3N3. The molecule has 0 bridgehead atoms. The van der Waals surface area contributed by atoms with Crippen molar-refractivity contribution >= 4 is 11.5 Å². The molecule has 0 unspecified atom stereocenters. The number of halogens is 3. The van der Waals surface area contributed by atoms with Crippen molar-refractivity contribution in [3.05, 3.63) is 29.8 Å². The zero-order valence-corrected chi connectivity index (χ0v) is 10.1. The van der Waals surface area contributed by atoms with E-state index in [1.807, 2.05) is 0 Å². The van der Waals surface area contributed by atoms with Gasteiger partial charge in [-0.3, -0.25) is 5.41 Å². The second kappa shape index (κ2) is 5.75. The first-order valence-electron chi connectivity index (χ1n) is 5.52. The molecule has 0 aliphatic rings. The summed E-state index contributed by atoms with van der Waals surface area (Å²) >= 11 is 0. The van der Waals surface area contributed by atoms with E-state index in [9.17, 15) is 13.2 Å². The van der Waals surface area contributed by atoms with Crippen molar-refractivity contribution in [2.45, 2.75) is 19.0 Å². The van der Waals surface area contributed by atoms with Crippen molar-refractivity contribution in [2.24, 2.45) is 5.73 Å². The van der Waals surface area contributed by atoms with Crippen LogP contribution in [0.4, 0.5) is 18.9 Å². The van der Waals surface area contributed by atoms with E-state index < -0.39 is 12.6 Å². The average molecular weight is 259 g/mol. The van der Waals surface area contributed by atoms with E-state index in [-0.39, 0.29) is 12.3 Å². The molecule has 0 fully saturated rings. The maximum atomic E-state index is 12.0. The van der Waals surface area contributed by atoms with Crippen LogP contribution in [0.15, 0.2) is 24.3 Å². The van der Waals surface area contributed by atoms with E-state index in [0.29, 0.717) is 12.1 Å². The summed E-state index contributed by atoms with van der Waals surface area (Å²) in [5, 5.41) is 7.23. The van der Waals surface area contributed by atoms with Crippen molar-refractivity contribution in [1.29, 1.82) is 5.41 Å². The zero-order valence-electron chi connectivity index (χ0n) is 10.1. The Bertz CT molecular complexity index is 398. The smallest absolute Gasteiger partial charge is 0.384 e. The van der Waals surface area contributed by atoms with Crippen LogP contribution in [0.5, 0.6) is 0 Å². The normalized spacial score (nSPS) is 11.3. The second-order valence-corrected chi connectivity index (χ2v) is 4.10. The third-order valence-corrected chi connectivity index (χ3v) is 2.57. The lowest BCUT2D eigenvalue weighted by molar-refractivity contribution is -0.135. The second-order valence-electron chi connectivity index (χ2n) is 4.10. The summed E-state index contributed by atoms with van der Waals surface area (Å²) in [5.41, 5.74) is 6.72. The van der Waals surface area contributed by atoms with E-state index in [4.69, 9.17) is 11.1 Å². The van der Waals surface area contributed by atoms with E-state index in [2.05, 4.69) is 0 Å². The Morgan fingerprint density at radius 2 is 1.83 bits per heavy atom. The van der Waals surface area contributed by atoms with Gasteiger partial charge in [0.05, 0.1) is 0 Å². The molecule has 0 saturated heterocycles. The van der Waals surface area contributed by atoms with Crippen LogP contribution in [0.25, 0.3) is 0 Å². The van der Waals surface area contributed by atoms with Gasteiger partial charge in [0.25, 0.3) is 0 Å². The number of hydrogen-bond acceptors (Lipinski definition) is 2. The van der Waals surface area contributed by atoms with E-state index >= 15 is 0 Å². The number of nitrogens with zero attached hydrogens (tertiary/aromatic N) is 1. The molecule has 0 spiro atoms. The van der Waals surface area contributed by atoms with Gasteiger partial charge in [0.1, 0.15) is 5.84 Å². The van der Waals surface area contributed by atoms with Gasteiger partial charge in [-0.2, -0.15) is 13.2 Å². The van der Waals surface area contributed by atoms with Gasteiger partial charge in [-0.25, -0.2) is 0 Å². The summed E-state index contributed by atoms with van der Waals surface area (Å²) in [5.74, 6) is -0.0266. The lowest BCUT2D eigenvalue weighted by Crippen LogP contribution is -2.21. The summed E-state index contributed by atoms with van der Waals surface area (Å²) in [7, 11) is 1.74. The lowest BCUT2D eigenvalue weighted by atomic mass is 10.2. The van der Waals surface area contributed by atoms with Crippen molar-refractivity contribution in [2.75, 3.05) is 18.5 Å². The topological polar surface area (TPSA) is 53.1 Å². The van der Waals surface area contributed by atoms with Crippen LogP contribution in [-0.4, -0.2) is 25.6 Å². The number of nitrogen functional groups attached to an aromatic ring is 1. The fourth-order valence-corrected chi connectivity index (χ4v) is 1.54. The minimum Gasteiger partial charge on any atom is -0.384 e. The van der Waals surface area contributed by atoms with E-state index in [1.165, 1.54) is 0 Å². The first-order chi connectivity index (χ1) is 8.29. The summed E-state index contributed by atoms with van der Waals surface area (Å²) in [4.78, 5) is 1.75. The van der Waals surface area contributed by atoms with Crippen LogP contribution in [0.3, 0.4) is 0 Å². The Morgan fingerprint density at radius 1 is 1.28 bits per heavy atom. The number of nitrogens with two attached hydrogens (primary N) is 1. The van der Waals surface area contributed by atoms with Crippen LogP contribution in [-0.2, 0) is 0 Å². The minimum atomic E-state index is -4.10. The molecule has 0 radical (unpaired) electrons. The minimum absolute atomic E-state index is 0.0266. The highest BCUT2D eigenvalue weighted by Crippen LogP contribution is 2.22. The Hall–Kier alpha value is -1.72. The first kappa shape index (κ1) is 14.3. The molecule has 3 nitrogen and oxygen atoms in total. The molecule has 0 amide bonds. The molecule has 0 saturated carbocycles. The third kappa shape index (κ3) is 4.65. The summed E-state index contributed by atoms with van der Waals surface area (Å²) in [6, 6.07) is 6.84. The molecule has 0 atom stereocenters. The lowest BCUT2D eigenvalue weighted by Gasteiger charge is -2.19. The van der Waals surface area contributed by atoms with Crippen molar-refractivity contribution in [1.82, 2.24) is 0 Å². The predicted octanol–water partition coefficient (Wildman–Crippen LogP) is 2.75. The number of rotatable bonds is 5.